The lowest BCUT2D eigenvalue weighted by Crippen LogP contribution is -2.29. The van der Waals surface area contributed by atoms with Crippen molar-refractivity contribution in [1.29, 1.82) is 0 Å². The Labute approximate surface area is 188 Å². The van der Waals surface area contributed by atoms with Crippen molar-refractivity contribution in [3.05, 3.63) is 81.5 Å². The zero-order chi connectivity index (χ0) is 22.7. The normalized spacial score (nSPS) is 16.2. The number of nitrogens with one attached hydrogen (secondary N) is 2. The van der Waals surface area contributed by atoms with Crippen LogP contribution in [0.2, 0.25) is 0 Å². The molecule has 1 aliphatic heterocycles. The van der Waals surface area contributed by atoms with Crippen LogP contribution in [-0.4, -0.2) is 28.6 Å². The van der Waals surface area contributed by atoms with E-state index < -0.39 is 5.97 Å². The number of amidine groups is 1. The maximum atomic E-state index is 13.1. The van der Waals surface area contributed by atoms with Gasteiger partial charge in [-0.25, -0.2) is 4.79 Å². The number of carbonyl (C=O) groups is 2. The minimum absolute atomic E-state index is 0.194. The maximum absolute atomic E-state index is 13.1. The minimum Gasteiger partial charge on any atom is -0.463 e. The molecule has 0 atom stereocenters. The van der Waals surface area contributed by atoms with Gasteiger partial charge in [-0.3, -0.25) is 19.9 Å². The highest BCUT2D eigenvalue weighted by Gasteiger charge is 2.35. The summed E-state index contributed by atoms with van der Waals surface area (Å²) in [6, 6.07) is 16.0. The Morgan fingerprint density at radius 2 is 1.97 bits per heavy atom. The molecule has 4 rings (SSSR count). The molecule has 1 fully saturated rings. The lowest BCUT2D eigenvalue weighted by molar-refractivity contribution is -0.137. The third-order valence-electron chi connectivity index (χ3n) is 4.70. The molecule has 0 radical (unpaired) electrons. The SMILES string of the molecule is CCOC(=O)/C=C1\S/C(=N\Nc2cc(=O)[nH]c3cccc(C)c23)N(c2ccccc2)C1=O. The van der Waals surface area contributed by atoms with Gasteiger partial charge in [0.25, 0.3) is 11.5 Å². The van der Waals surface area contributed by atoms with E-state index in [-0.39, 0.29) is 23.0 Å². The van der Waals surface area contributed by atoms with E-state index in [2.05, 4.69) is 15.5 Å². The van der Waals surface area contributed by atoms with E-state index in [0.717, 1.165) is 22.7 Å². The number of carbonyl (C=O) groups excluding carboxylic acids is 2. The summed E-state index contributed by atoms with van der Waals surface area (Å²) in [4.78, 5) is 41.5. The fraction of sp³-hybridized carbons (Fsp3) is 0.130. The Kier molecular flexibility index (Phi) is 6.09. The highest BCUT2D eigenvalue weighted by Crippen LogP contribution is 2.35. The number of fused-ring (bicyclic) bond motifs is 1. The van der Waals surface area contributed by atoms with Crippen LogP contribution in [0.25, 0.3) is 10.9 Å². The molecule has 0 aliphatic carbocycles. The largest absolute Gasteiger partial charge is 0.463 e. The average molecular weight is 449 g/mol. The summed E-state index contributed by atoms with van der Waals surface area (Å²) in [5.74, 6) is -0.983. The van der Waals surface area contributed by atoms with Gasteiger partial charge in [0, 0.05) is 17.5 Å². The van der Waals surface area contributed by atoms with Crippen molar-refractivity contribution in [2.45, 2.75) is 13.8 Å². The quantitative estimate of drug-likeness (QED) is 0.350. The van der Waals surface area contributed by atoms with E-state index >= 15 is 0 Å². The number of benzene rings is 2. The molecule has 32 heavy (non-hydrogen) atoms. The van der Waals surface area contributed by atoms with Crippen molar-refractivity contribution < 1.29 is 14.3 Å². The van der Waals surface area contributed by atoms with Crippen LogP contribution in [0.1, 0.15) is 12.5 Å². The Balaban J connectivity index is 1.75. The Morgan fingerprint density at radius 1 is 1.19 bits per heavy atom. The van der Waals surface area contributed by atoms with E-state index in [0.29, 0.717) is 22.1 Å². The first-order chi connectivity index (χ1) is 15.5. The number of anilines is 2. The van der Waals surface area contributed by atoms with Crippen molar-refractivity contribution in [3.63, 3.8) is 0 Å². The van der Waals surface area contributed by atoms with E-state index in [4.69, 9.17) is 4.74 Å². The summed E-state index contributed by atoms with van der Waals surface area (Å²) in [5.41, 5.74) is 5.42. The molecular weight excluding hydrogens is 428 g/mol. The minimum atomic E-state index is -0.596. The Bertz CT molecular complexity index is 1310. The van der Waals surface area contributed by atoms with Gasteiger partial charge >= 0.3 is 5.97 Å². The van der Waals surface area contributed by atoms with Gasteiger partial charge in [0.15, 0.2) is 5.17 Å². The van der Waals surface area contributed by atoms with Gasteiger partial charge in [0.05, 0.1) is 28.4 Å². The van der Waals surface area contributed by atoms with Gasteiger partial charge < -0.3 is 9.72 Å². The highest BCUT2D eigenvalue weighted by atomic mass is 32.2. The van der Waals surface area contributed by atoms with Crippen LogP contribution in [0, 0.1) is 6.92 Å². The Morgan fingerprint density at radius 3 is 2.72 bits per heavy atom. The van der Waals surface area contributed by atoms with Crippen LogP contribution < -0.4 is 15.9 Å². The highest BCUT2D eigenvalue weighted by molar-refractivity contribution is 8.19. The molecule has 1 aromatic heterocycles. The number of pyridine rings is 1. The molecule has 2 heterocycles. The molecule has 1 saturated heterocycles. The lowest BCUT2D eigenvalue weighted by atomic mass is 10.1. The number of amides is 1. The molecule has 0 bridgehead atoms. The summed E-state index contributed by atoms with van der Waals surface area (Å²) < 4.78 is 4.94. The van der Waals surface area contributed by atoms with Crippen molar-refractivity contribution >= 4 is 51.1 Å². The van der Waals surface area contributed by atoms with Crippen LogP contribution in [0.4, 0.5) is 11.4 Å². The van der Waals surface area contributed by atoms with E-state index in [1.165, 1.54) is 17.0 Å². The number of aromatic nitrogens is 1. The molecule has 8 nitrogen and oxygen atoms in total. The predicted molar refractivity (Wildman–Crippen MR) is 127 cm³/mol. The lowest BCUT2D eigenvalue weighted by Gasteiger charge is -2.16. The van der Waals surface area contributed by atoms with Crippen LogP contribution in [0.3, 0.4) is 0 Å². The number of rotatable bonds is 5. The number of hydrogen-bond donors (Lipinski definition) is 2. The van der Waals surface area contributed by atoms with E-state index in [1.807, 2.05) is 31.2 Å². The van der Waals surface area contributed by atoms with Crippen molar-refractivity contribution in [1.82, 2.24) is 4.98 Å². The average Bonchev–Trinajstić information content (AvgIpc) is 3.07. The van der Waals surface area contributed by atoms with Crippen LogP contribution in [0.15, 0.2) is 75.5 Å². The van der Waals surface area contributed by atoms with Crippen molar-refractivity contribution in [2.24, 2.45) is 5.10 Å². The number of hydrogen-bond acceptors (Lipinski definition) is 7. The topological polar surface area (TPSA) is 104 Å². The summed E-state index contributed by atoms with van der Waals surface area (Å²) >= 11 is 1.05. The van der Waals surface area contributed by atoms with Crippen LogP contribution in [0.5, 0.6) is 0 Å². The Hall–Kier alpha value is -3.85. The molecule has 1 aliphatic rings. The van der Waals surface area contributed by atoms with Crippen LogP contribution >= 0.6 is 11.8 Å². The molecule has 0 unspecified atom stereocenters. The maximum Gasteiger partial charge on any atom is 0.332 e. The fourth-order valence-electron chi connectivity index (χ4n) is 3.34. The van der Waals surface area contributed by atoms with Gasteiger partial charge in [-0.05, 0) is 49.4 Å². The van der Waals surface area contributed by atoms with E-state index in [9.17, 15) is 14.4 Å². The third-order valence-corrected chi connectivity index (χ3v) is 5.67. The predicted octanol–water partition coefficient (Wildman–Crippen LogP) is 3.75. The molecule has 162 valence electrons. The number of ether oxygens (including phenoxy) is 1. The first kappa shape index (κ1) is 21.4. The van der Waals surface area contributed by atoms with Crippen molar-refractivity contribution in [2.75, 3.05) is 16.9 Å². The number of esters is 1. The second-order valence-corrected chi connectivity index (χ2v) is 7.90. The van der Waals surface area contributed by atoms with E-state index in [1.54, 1.807) is 31.2 Å². The van der Waals surface area contributed by atoms with Crippen LogP contribution in [-0.2, 0) is 14.3 Å². The summed E-state index contributed by atoms with van der Waals surface area (Å²) in [5, 5.41) is 5.56. The molecule has 2 N–H and O–H groups in total. The molecule has 2 aromatic carbocycles. The first-order valence-corrected chi connectivity index (χ1v) is 10.7. The van der Waals surface area contributed by atoms with Crippen molar-refractivity contribution in [3.8, 4) is 0 Å². The molecule has 1 amide bonds. The zero-order valence-corrected chi connectivity index (χ0v) is 18.2. The summed E-state index contributed by atoms with van der Waals surface area (Å²) in [7, 11) is 0. The molecule has 9 heteroatoms. The summed E-state index contributed by atoms with van der Waals surface area (Å²) in [6.07, 6.45) is 1.17. The zero-order valence-electron chi connectivity index (χ0n) is 17.4. The smallest absolute Gasteiger partial charge is 0.332 e. The number of nitrogens with zero attached hydrogens (tertiary/aromatic N) is 2. The number of thioether (sulfide) groups is 1. The fourth-order valence-corrected chi connectivity index (χ4v) is 4.24. The molecule has 0 saturated carbocycles. The summed E-state index contributed by atoms with van der Waals surface area (Å²) in [6.45, 7) is 3.84. The number of aryl methyl sites for hydroxylation is 1. The standard InChI is InChI=1S/C23H20N4O4S/c1-3-31-20(29)13-18-22(30)27(15-9-5-4-6-10-15)23(32-18)26-25-17-12-19(28)24-16-11-7-8-14(2)21(16)17/h4-13H,3H2,1-2H3,(H2,24,25,28)/b18-13-,26-23-. The first-order valence-electron chi connectivity index (χ1n) is 9.90. The molecular formula is C23H20N4O4S. The van der Waals surface area contributed by atoms with Gasteiger partial charge in [-0.15, -0.1) is 5.10 Å². The number of hydrazone groups is 1. The molecule has 3 aromatic rings. The molecule has 0 spiro atoms. The second-order valence-electron chi connectivity index (χ2n) is 6.89. The van der Waals surface area contributed by atoms with Gasteiger partial charge in [-0.2, -0.15) is 0 Å². The van der Waals surface area contributed by atoms with Gasteiger partial charge in [-0.1, -0.05) is 30.3 Å². The number of H-pyrrole nitrogens is 1. The number of aromatic amines is 1. The van der Waals surface area contributed by atoms with Gasteiger partial charge in [0.1, 0.15) is 0 Å². The number of para-hydroxylation sites is 1. The van der Waals surface area contributed by atoms with Gasteiger partial charge in [0.2, 0.25) is 0 Å². The third kappa shape index (κ3) is 4.28. The second kappa shape index (κ2) is 9.11. The monoisotopic (exact) mass is 448 g/mol.